The molecule has 2 rings (SSSR count). The molecule has 1 unspecified atom stereocenters. The Labute approximate surface area is 118 Å². The number of H-pyrrole nitrogens is 2. The normalized spacial score (nSPS) is 32.2. The van der Waals surface area contributed by atoms with E-state index in [-0.39, 0.29) is 5.56 Å². The van der Waals surface area contributed by atoms with Gasteiger partial charge >= 0.3 is 5.69 Å². The molecule has 120 valence electrons. The van der Waals surface area contributed by atoms with Gasteiger partial charge in [-0.25, -0.2) is 4.79 Å². The van der Waals surface area contributed by atoms with Gasteiger partial charge in [0.1, 0.15) is 24.4 Å². The average Bonchev–Trinajstić information content (AvgIpc) is 2.45. The van der Waals surface area contributed by atoms with Gasteiger partial charge in [-0.05, 0) is 6.92 Å². The molecule has 2 heterocycles. The molecule has 1 aliphatic heterocycles. The van der Waals surface area contributed by atoms with E-state index in [4.69, 9.17) is 25.5 Å². The molecule has 10 nitrogen and oxygen atoms in total. The summed E-state index contributed by atoms with van der Waals surface area (Å²) in [6.07, 6.45) is -5.66. The van der Waals surface area contributed by atoms with Gasteiger partial charge in [0.05, 0.1) is 6.61 Å². The Morgan fingerprint density at radius 1 is 1.14 bits per heavy atom. The molecule has 7 N–H and O–H groups in total. The Morgan fingerprint density at radius 2 is 1.76 bits per heavy atom. The van der Waals surface area contributed by atoms with Gasteiger partial charge in [-0.15, -0.1) is 0 Å². The maximum atomic E-state index is 10.6. The van der Waals surface area contributed by atoms with E-state index in [9.17, 15) is 9.59 Å². The second-order valence-corrected chi connectivity index (χ2v) is 4.47. The third kappa shape index (κ3) is 4.46. The van der Waals surface area contributed by atoms with Gasteiger partial charge in [0.2, 0.25) is 0 Å². The van der Waals surface area contributed by atoms with E-state index < -0.39 is 43.0 Å². The molecule has 1 aromatic heterocycles. The number of ether oxygens (including phenoxy) is 1. The third-order valence-electron chi connectivity index (χ3n) is 2.87. The topological polar surface area (TPSA) is 176 Å². The number of aliphatic hydroxyl groups is 5. The monoisotopic (exact) mass is 306 g/mol. The minimum Gasteiger partial charge on any atom is -0.394 e. The zero-order valence-electron chi connectivity index (χ0n) is 11.1. The van der Waals surface area contributed by atoms with Gasteiger partial charge < -0.3 is 35.3 Å². The van der Waals surface area contributed by atoms with Gasteiger partial charge in [0, 0.05) is 11.8 Å². The molecule has 10 heteroatoms. The van der Waals surface area contributed by atoms with Crippen molar-refractivity contribution in [2.24, 2.45) is 0 Å². The van der Waals surface area contributed by atoms with Crippen LogP contribution in [0.1, 0.15) is 5.56 Å². The molecule has 5 atom stereocenters. The molecule has 1 aliphatic rings. The molecule has 0 bridgehead atoms. The lowest BCUT2D eigenvalue weighted by molar-refractivity contribution is -0.286. The van der Waals surface area contributed by atoms with E-state index in [0.29, 0.717) is 5.56 Å². The molecule has 0 saturated carbocycles. The molecule has 21 heavy (non-hydrogen) atoms. The van der Waals surface area contributed by atoms with Crippen molar-refractivity contribution in [3.05, 3.63) is 32.6 Å². The van der Waals surface area contributed by atoms with Crippen LogP contribution in [0.4, 0.5) is 0 Å². The Morgan fingerprint density at radius 3 is 2.24 bits per heavy atom. The summed E-state index contributed by atoms with van der Waals surface area (Å²) in [4.78, 5) is 25.3. The fraction of sp³-hybridized carbons (Fsp3) is 0.636. The summed E-state index contributed by atoms with van der Waals surface area (Å²) in [6, 6.07) is 0. The minimum absolute atomic E-state index is 0.334. The number of nitrogens with one attached hydrogen (secondary N) is 2. The first-order chi connectivity index (χ1) is 9.77. The highest BCUT2D eigenvalue weighted by molar-refractivity contribution is 4.98. The lowest BCUT2D eigenvalue weighted by Gasteiger charge is -2.37. The van der Waals surface area contributed by atoms with Crippen molar-refractivity contribution in [2.45, 2.75) is 37.6 Å². The summed E-state index contributed by atoms with van der Waals surface area (Å²) in [5.74, 6) is 0. The molecule has 0 amide bonds. The van der Waals surface area contributed by atoms with Gasteiger partial charge in [-0.3, -0.25) is 9.78 Å². The van der Waals surface area contributed by atoms with Crippen LogP contribution in [0.3, 0.4) is 0 Å². The van der Waals surface area contributed by atoms with Crippen molar-refractivity contribution >= 4 is 0 Å². The van der Waals surface area contributed by atoms with Crippen molar-refractivity contribution in [1.29, 1.82) is 0 Å². The highest BCUT2D eigenvalue weighted by atomic mass is 16.6. The van der Waals surface area contributed by atoms with E-state index in [1.165, 1.54) is 6.20 Å². The Bertz CT molecular complexity index is 551. The van der Waals surface area contributed by atoms with Gasteiger partial charge in [0.15, 0.2) is 6.29 Å². The van der Waals surface area contributed by atoms with Crippen molar-refractivity contribution in [1.82, 2.24) is 9.97 Å². The third-order valence-corrected chi connectivity index (χ3v) is 2.87. The second kappa shape index (κ2) is 7.45. The van der Waals surface area contributed by atoms with Crippen LogP contribution in [-0.2, 0) is 4.74 Å². The van der Waals surface area contributed by atoms with Crippen molar-refractivity contribution in [3.63, 3.8) is 0 Å². The van der Waals surface area contributed by atoms with Gasteiger partial charge in [-0.2, -0.15) is 0 Å². The number of rotatable bonds is 1. The zero-order chi connectivity index (χ0) is 16.2. The highest BCUT2D eigenvalue weighted by Gasteiger charge is 2.42. The lowest BCUT2D eigenvalue weighted by Crippen LogP contribution is -2.58. The summed E-state index contributed by atoms with van der Waals surface area (Å²) in [7, 11) is 0. The molecule has 0 spiro atoms. The Balaban J connectivity index is 0.000000219. The van der Waals surface area contributed by atoms with Crippen LogP contribution in [0.2, 0.25) is 0 Å². The predicted octanol–water partition coefficient (Wildman–Crippen LogP) is -3.85. The lowest BCUT2D eigenvalue weighted by atomic mass is 10.00. The molecule has 0 aliphatic carbocycles. The van der Waals surface area contributed by atoms with E-state index in [0.717, 1.165) is 0 Å². The molecule has 0 aromatic carbocycles. The number of aromatic nitrogens is 2. The number of hydrogen-bond acceptors (Lipinski definition) is 8. The summed E-state index contributed by atoms with van der Waals surface area (Å²) >= 11 is 0. The van der Waals surface area contributed by atoms with Crippen molar-refractivity contribution in [2.75, 3.05) is 6.61 Å². The quantitative estimate of drug-likeness (QED) is 0.276. The second-order valence-electron chi connectivity index (χ2n) is 4.47. The summed E-state index contributed by atoms with van der Waals surface area (Å²) in [5.41, 5.74) is -0.293. The molecule has 1 aromatic rings. The Hall–Kier alpha value is -1.56. The largest absolute Gasteiger partial charge is 0.394 e. The van der Waals surface area contributed by atoms with E-state index in [1.54, 1.807) is 6.92 Å². The van der Waals surface area contributed by atoms with E-state index in [2.05, 4.69) is 14.7 Å². The predicted molar refractivity (Wildman–Crippen MR) is 68.4 cm³/mol. The van der Waals surface area contributed by atoms with Crippen molar-refractivity contribution < 1.29 is 30.3 Å². The molecule has 0 radical (unpaired) electrons. The number of aromatic amines is 2. The van der Waals surface area contributed by atoms with Crippen LogP contribution in [-0.4, -0.2) is 72.8 Å². The first kappa shape index (κ1) is 17.5. The average molecular weight is 306 g/mol. The van der Waals surface area contributed by atoms with Crippen LogP contribution < -0.4 is 11.2 Å². The fourth-order valence-corrected chi connectivity index (χ4v) is 1.56. The number of aryl methyl sites for hydroxylation is 1. The maximum absolute atomic E-state index is 10.6. The van der Waals surface area contributed by atoms with E-state index >= 15 is 0 Å². The van der Waals surface area contributed by atoms with Crippen LogP contribution in [0, 0.1) is 6.92 Å². The number of aliphatic hydroxyl groups excluding tert-OH is 5. The SMILES string of the molecule is Cc1c[nH]c(=O)[nH]c1=O.OC[C@H]1OC(O)[C@H](O)[C@@H](O)[C@@H]1O. The standard InChI is InChI=1S/C6H12O6.C5H6N2O2/c7-1-2-3(8)4(9)5(10)6(11)12-2;1-3-2-6-5(9)7-4(3)8/h2-11H,1H2;2H,1H3,(H2,6,7,8,9)/t2-,3-,4+,5-,6?;/m1./s1. The van der Waals surface area contributed by atoms with Crippen LogP contribution in [0.5, 0.6) is 0 Å². The highest BCUT2D eigenvalue weighted by Crippen LogP contribution is 2.18. The molecule has 1 fully saturated rings. The maximum Gasteiger partial charge on any atom is 0.325 e. The van der Waals surface area contributed by atoms with Crippen LogP contribution in [0.15, 0.2) is 15.8 Å². The summed E-state index contributed by atoms with van der Waals surface area (Å²) in [6.45, 7) is 1.09. The first-order valence-corrected chi connectivity index (χ1v) is 6.05. The summed E-state index contributed by atoms with van der Waals surface area (Å²) in [5, 5.41) is 44.7. The van der Waals surface area contributed by atoms with Crippen molar-refractivity contribution in [3.8, 4) is 0 Å². The first-order valence-electron chi connectivity index (χ1n) is 6.05. The Kier molecular flexibility index (Phi) is 6.20. The molecular weight excluding hydrogens is 288 g/mol. The molecular formula is C11H18N2O8. The summed E-state index contributed by atoms with van der Waals surface area (Å²) < 4.78 is 4.58. The number of hydrogen-bond donors (Lipinski definition) is 7. The fourth-order valence-electron chi connectivity index (χ4n) is 1.56. The van der Waals surface area contributed by atoms with Crippen LogP contribution in [0.25, 0.3) is 0 Å². The minimum atomic E-state index is -1.57. The van der Waals surface area contributed by atoms with Gasteiger partial charge in [0.25, 0.3) is 5.56 Å². The van der Waals surface area contributed by atoms with Crippen LogP contribution >= 0.6 is 0 Å². The molecule has 1 saturated heterocycles. The van der Waals surface area contributed by atoms with E-state index in [1.807, 2.05) is 0 Å². The smallest absolute Gasteiger partial charge is 0.325 e. The van der Waals surface area contributed by atoms with Gasteiger partial charge in [-0.1, -0.05) is 0 Å². The zero-order valence-corrected chi connectivity index (χ0v) is 11.1.